The molecule has 14 heavy (non-hydrogen) atoms. The van der Waals surface area contributed by atoms with Gasteiger partial charge in [0.1, 0.15) is 6.61 Å². The van der Waals surface area contributed by atoms with E-state index in [1.54, 1.807) is 0 Å². The molecular weight excluding hydrogens is 204 g/mol. The second-order valence-electron chi connectivity index (χ2n) is 2.37. The van der Waals surface area contributed by atoms with Gasteiger partial charge < -0.3 is 9.84 Å². The molecular formula is C8H5F4O2. The maximum Gasteiger partial charge on any atom is 0.573 e. The number of hydrogen-bond acceptors (Lipinski definition) is 2. The molecule has 0 aromatic heterocycles. The van der Waals surface area contributed by atoms with Crippen LogP contribution in [0.2, 0.25) is 0 Å². The molecule has 1 radical (unpaired) electrons. The molecule has 0 heterocycles. The Morgan fingerprint density at radius 3 is 2.36 bits per heavy atom. The number of benzene rings is 1. The minimum absolute atomic E-state index is 0.0528. The van der Waals surface area contributed by atoms with E-state index in [4.69, 9.17) is 5.11 Å². The van der Waals surface area contributed by atoms with Crippen LogP contribution in [0, 0.1) is 12.4 Å². The highest BCUT2D eigenvalue weighted by molar-refractivity contribution is 5.31. The molecule has 0 unspecified atom stereocenters. The molecule has 1 rings (SSSR count). The van der Waals surface area contributed by atoms with E-state index >= 15 is 0 Å². The first-order chi connectivity index (χ1) is 6.42. The monoisotopic (exact) mass is 209 g/mol. The van der Waals surface area contributed by atoms with Crippen LogP contribution in [0.25, 0.3) is 0 Å². The van der Waals surface area contributed by atoms with Crippen LogP contribution in [0.4, 0.5) is 17.6 Å². The van der Waals surface area contributed by atoms with Crippen molar-refractivity contribution in [3.05, 3.63) is 36.2 Å². The highest BCUT2D eigenvalue weighted by atomic mass is 19.4. The third-order valence-corrected chi connectivity index (χ3v) is 1.33. The number of hydrogen-bond donors (Lipinski definition) is 1. The van der Waals surface area contributed by atoms with Crippen molar-refractivity contribution in [2.45, 2.75) is 6.36 Å². The number of halogens is 4. The van der Waals surface area contributed by atoms with Gasteiger partial charge in [-0.05, 0) is 17.7 Å². The fourth-order valence-corrected chi connectivity index (χ4v) is 0.805. The number of ether oxygens (including phenoxy) is 1. The van der Waals surface area contributed by atoms with Gasteiger partial charge in [-0.25, -0.2) is 4.39 Å². The zero-order valence-corrected chi connectivity index (χ0v) is 6.68. The first-order valence-corrected chi connectivity index (χ1v) is 3.45. The standard InChI is InChI=1S/C8H5F4O2/c9-6-3-5(4-13)1-2-7(6)14-8(10,11)12/h1-4,13H. The Labute approximate surface area is 76.7 Å². The van der Waals surface area contributed by atoms with Gasteiger partial charge in [0.05, 0.1) is 0 Å². The summed E-state index contributed by atoms with van der Waals surface area (Å²) in [4.78, 5) is 0. The molecule has 0 aliphatic heterocycles. The summed E-state index contributed by atoms with van der Waals surface area (Å²) in [7, 11) is 0. The maximum absolute atomic E-state index is 12.8. The van der Waals surface area contributed by atoms with Gasteiger partial charge in [-0.2, -0.15) is 0 Å². The molecule has 0 spiro atoms. The van der Waals surface area contributed by atoms with Gasteiger partial charge in [0, 0.05) is 0 Å². The van der Waals surface area contributed by atoms with E-state index in [9.17, 15) is 17.6 Å². The summed E-state index contributed by atoms with van der Waals surface area (Å²) in [5, 5.41) is 8.43. The average Bonchev–Trinajstić information content (AvgIpc) is 2.06. The molecule has 0 atom stereocenters. The van der Waals surface area contributed by atoms with Crippen molar-refractivity contribution in [1.29, 1.82) is 0 Å². The van der Waals surface area contributed by atoms with Crippen molar-refractivity contribution in [3.8, 4) is 5.75 Å². The molecule has 0 saturated heterocycles. The average molecular weight is 209 g/mol. The Kier molecular flexibility index (Phi) is 2.95. The van der Waals surface area contributed by atoms with Gasteiger partial charge in [0.15, 0.2) is 11.6 Å². The minimum atomic E-state index is -4.93. The number of aliphatic hydroxyl groups excluding tert-OH is 1. The summed E-state index contributed by atoms with van der Waals surface area (Å²) in [6.45, 7) is 0.570. The van der Waals surface area contributed by atoms with Gasteiger partial charge >= 0.3 is 6.36 Å². The first-order valence-electron chi connectivity index (χ1n) is 3.45. The maximum atomic E-state index is 12.8. The third kappa shape index (κ3) is 2.88. The first kappa shape index (κ1) is 10.8. The largest absolute Gasteiger partial charge is 0.573 e. The Morgan fingerprint density at radius 1 is 1.29 bits per heavy atom. The number of aliphatic hydroxyl groups is 1. The molecule has 0 aliphatic carbocycles. The van der Waals surface area contributed by atoms with Crippen LogP contribution < -0.4 is 4.74 Å². The van der Waals surface area contributed by atoms with Gasteiger partial charge in [-0.15, -0.1) is 13.2 Å². The SMILES string of the molecule is O[CH]c1ccc(OC(F)(F)F)c(F)c1. The smallest absolute Gasteiger partial charge is 0.403 e. The summed E-state index contributed by atoms with van der Waals surface area (Å²) >= 11 is 0. The van der Waals surface area contributed by atoms with Crippen LogP contribution in [0.15, 0.2) is 18.2 Å². The normalized spacial score (nSPS) is 11.5. The summed E-state index contributed by atoms with van der Waals surface area (Å²) in [6, 6.07) is 2.59. The molecule has 0 saturated carbocycles. The van der Waals surface area contributed by atoms with Crippen LogP contribution in [0.1, 0.15) is 5.56 Å². The van der Waals surface area contributed by atoms with E-state index in [0.29, 0.717) is 6.61 Å². The lowest BCUT2D eigenvalue weighted by atomic mass is 10.2. The second kappa shape index (κ2) is 3.83. The number of alkyl halides is 3. The Hall–Kier alpha value is -1.30. The van der Waals surface area contributed by atoms with E-state index in [1.165, 1.54) is 0 Å². The topological polar surface area (TPSA) is 29.5 Å². The van der Waals surface area contributed by atoms with Crippen LogP contribution in [-0.4, -0.2) is 11.5 Å². The summed E-state index contributed by atoms with van der Waals surface area (Å²) in [6.07, 6.45) is -4.93. The molecule has 2 nitrogen and oxygen atoms in total. The summed E-state index contributed by atoms with van der Waals surface area (Å²) < 4.78 is 51.1. The van der Waals surface area contributed by atoms with Crippen LogP contribution >= 0.6 is 0 Å². The van der Waals surface area contributed by atoms with Crippen molar-refractivity contribution in [3.63, 3.8) is 0 Å². The third-order valence-electron chi connectivity index (χ3n) is 1.33. The minimum Gasteiger partial charge on any atom is -0.403 e. The molecule has 0 fully saturated rings. The van der Waals surface area contributed by atoms with Crippen molar-refractivity contribution in [2.75, 3.05) is 0 Å². The van der Waals surface area contributed by atoms with Crippen LogP contribution in [0.3, 0.4) is 0 Å². The number of rotatable bonds is 2. The molecule has 77 valence electrons. The predicted octanol–water partition coefficient (Wildman–Crippen LogP) is 2.61. The molecule has 6 heteroatoms. The van der Waals surface area contributed by atoms with Crippen LogP contribution in [0.5, 0.6) is 5.75 Å². The molecule has 0 amide bonds. The lowest BCUT2D eigenvalue weighted by Crippen LogP contribution is -2.17. The Morgan fingerprint density at radius 2 is 1.93 bits per heavy atom. The Bertz CT molecular complexity index is 322. The van der Waals surface area contributed by atoms with Crippen molar-refractivity contribution in [1.82, 2.24) is 0 Å². The van der Waals surface area contributed by atoms with E-state index in [0.717, 1.165) is 18.2 Å². The lowest BCUT2D eigenvalue weighted by Gasteiger charge is -2.09. The van der Waals surface area contributed by atoms with Gasteiger partial charge in [0.25, 0.3) is 0 Å². The molecule has 0 bridgehead atoms. The quantitative estimate of drug-likeness (QED) is 0.758. The lowest BCUT2D eigenvalue weighted by molar-refractivity contribution is -0.275. The van der Waals surface area contributed by atoms with Crippen molar-refractivity contribution >= 4 is 0 Å². The van der Waals surface area contributed by atoms with E-state index < -0.39 is 17.9 Å². The molecule has 1 aromatic rings. The zero-order chi connectivity index (χ0) is 10.8. The Balaban J connectivity index is 2.89. The van der Waals surface area contributed by atoms with Crippen molar-refractivity contribution in [2.24, 2.45) is 0 Å². The summed E-state index contributed by atoms with van der Waals surface area (Å²) in [5.41, 5.74) is 0.0528. The zero-order valence-electron chi connectivity index (χ0n) is 6.68. The summed E-state index contributed by atoms with van der Waals surface area (Å²) in [5.74, 6) is -2.12. The van der Waals surface area contributed by atoms with E-state index in [-0.39, 0.29) is 5.56 Å². The second-order valence-corrected chi connectivity index (χ2v) is 2.37. The fraction of sp³-hybridized carbons (Fsp3) is 0.125. The predicted molar refractivity (Wildman–Crippen MR) is 38.4 cm³/mol. The fourth-order valence-electron chi connectivity index (χ4n) is 0.805. The van der Waals surface area contributed by atoms with Gasteiger partial charge in [-0.1, -0.05) is 6.07 Å². The highest BCUT2D eigenvalue weighted by Gasteiger charge is 2.32. The van der Waals surface area contributed by atoms with E-state index in [1.807, 2.05) is 0 Å². The molecule has 1 aromatic carbocycles. The molecule has 0 aliphatic rings. The van der Waals surface area contributed by atoms with E-state index in [2.05, 4.69) is 4.74 Å². The van der Waals surface area contributed by atoms with Gasteiger partial charge in [-0.3, -0.25) is 0 Å². The van der Waals surface area contributed by atoms with Gasteiger partial charge in [0.2, 0.25) is 0 Å². The molecule has 1 N–H and O–H groups in total. The van der Waals surface area contributed by atoms with Crippen molar-refractivity contribution < 1.29 is 27.4 Å². The van der Waals surface area contributed by atoms with Crippen LogP contribution in [-0.2, 0) is 0 Å². The highest BCUT2D eigenvalue weighted by Crippen LogP contribution is 2.26.